The molecule has 1 saturated carbocycles. The van der Waals surface area contributed by atoms with Gasteiger partial charge < -0.3 is 0 Å². The Morgan fingerprint density at radius 2 is 1.65 bits per heavy atom. The number of nitrogens with zero attached hydrogens (tertiary/aromatic N) is 2. The number of nitrogens with two attached hydrogens (primary N) is 1. The number of aromatic amines is 1. The van der Waals surface area contributed by atoms with Crippen LogP contribution in [0.25, 0.3) is 11.4 Å². The standard InChI is InChI=1S/C19H20N4O2S/c1-19(2)15(12-8-10-14(11-9-12)26(20,24)25)16(19)18-21-17(22-23-18)13-6-4-3-5-7-13/h3-11,15-16H,1-2H3,(H2,20,24,25)(H,21,22,23)/t15-,16+/m1/s1. The first kappa shape index (κ1) is 16.9. The van der Waals surface area contributed by atoms with Crippen molar-refractivity contribution in [1.29, 1.82) is 0 Å². The van der Waals surface area contributed by atoms with Crippen molar-refractivity contribution in [3.63, 3.8) is 0 Å². The van der Waals surface area contributed by atoms with E-state index >= 15 is 0 Å². The quantitative estimate of drug-likeness (QED) is 0.739. The van der Waals surface area contributed by atoms with Crippen molar-refractivity contribution in [1.82, 2.24) is 15.2 Å². The van der Waals surface area contributed by atoms with E-state index in [1.807, 2.05) is 42.5 Å². The van der Waals surface area contributed by atoms with Crippen molar-refractivity contribution < 1.29 is 8.42 Å². The predicted molar refractivity (Wildman–Crippen MR) is 98.9 cm³/mol. The zero-order chi connectivity index (χ0) is 18.5. The summed E-state index contributed by atoms with van der Waals surface area (Å²) in [6.07, 6.45) is 0. The second-order valence-corrected chi connectivity index (χ2v) is 8.86. The molecule has 7 heteroatoms. The maximum atomic E-state index is 11.4. The maximum Gasteiger partial charge on any atom is 0.238 e. The lowest BCUT2D eigenvalue weighted by Crippen LogP contribution is -2.11. The van der Waals surface area contributed by atoms with Gasteiger partial charge in [0.25, 0.3) is 0 Å². The summed E-state index contributed by atoms with van der Waals surface area (Å²) in [5.74, 6) is 1.99. The van der Waals surface area contributed by atoms with Gasteiger partial charge in [0.15, 0.2) is 5.82 Å². The molecule has 1 fully saturated rings. The molecule has 2 aromatic carbocycles. The first-order valence-electron chi connectivity index (χ1n) is 8.39. The van der Waals surface area contributed by atoms with Crippen LogP contribution in [0.15, 0.2) is 59.5 Å². The zero-order valence-corrected chi connectivity index (χ0v) is 15.4. The highest BCUT2D eigenvalue weighted by atomic mass is 32.2. The second-order valence-electron chi connectivity index (χ2n) is 7.30. The monoisotopic (exact) mass is 368 g/mol. The Bertz CT molecular complexity index is 1040. The summed E-state index contributed by atoms with van der Waals surface area (Å²) in [5.41, 5.74) is 2.06. The van der Waals surface area contributed by atoms with Crippen molar-refractivity contribution in [3.8, 4) is 11.4 Å². The summed E-state index contributed by atoms with van der Waals surface area (Å²) in [6, 6.07) is 16.6. The fourth-order valence-corrected chi connectivity index (χ4v) is 4.28. The molecule has 3 aromatic rings. The molecule has 0 amide bonds. The fraction of sp³-hybridized carbons (Fsp3) is 0.263. The summed E-state index contributed by atoms with van der Waals surface area (Å²) < 4.78 is 22.9. The topological polar surface area (TPSA) is 102 Å². The summed E-state index contributed by atoms with van der Waals surface area (Å²) in [7, 11) is -3.68. The van der Waals surface area contributed by atoms with Gasteiger partial charge >= 0.3 is 0 Å². The molecule has 1 aromatic heterocycles. The van der Waals surface area contributed by atoms with Crippen molar-refractivity contribution >= 4 is 10.0 Å². The third-order valence-corrected chi connectivity index (χ3v) is 6.15. The molecule has 0 bridgehead atoms. The molecule has 1 aliphatic rings. The number of hydrogen-bond acceptors (Lipinski definition) is 4. The van der Waals surface area contributed by atoms with E-state index in [-0.39, 0.29) is 22.1 Å². The molecular weight excluding hydrogens is 348 g/mol. The van der Waals surface area contributed by atoms with Crippen molar-refractivity contribution in [2.45, 2.75) is 30.6 Å². The van der Waals surface area contributed by atoms with Crippen LogP contribution in [0.2, 0.25) is 0 Å². The van der Waals surface area contributed by atoms with Crippen LogP contribution in [-0.2, 0) is 10.0 Å². The third kappa shape index (κ3) is 2.83. The summed E-state index contributed by atoms with van der Waals surface area (Å²) >= 11 is 0. The van der Waals surface area contributed by atoms with Crippen molar-refractivity contribution in [2.75, 3.05) is 0 Å². The summed E-state index contributed by atoms with van der Waals surface area (Å²) in [5, 5.41) is 12.6. The van der Waals surface area contributed by atoms with Crippen LogP contribution in [0.5, 0.6) is 0 Å². The van der Waals surface area contributed by atoms with E-state index in [1.165, 1.54) is 0 Å². The van der Waals surface area contributed by atoms with Gasteiger partial charge in [-0.05, 0) is 23.1 Å². The Morgan fingerprint density at radius 1 is 1.00 bits per heavy atom. The number of hydrogen-bond donors (Lipinski definition) is 2. The highest BCUT2D eigenvalue weighted by Crippen LogP contribution is 2.69. The molecule has 0 unspecified atom stereocenters. The average Bonchev–Trinajstić information content (AvgIpc) is 2.95. The van der Waals surface area contributed by atoms with Gasteiger partial charge in [0.2, 0.25) is 10.0 Å². The smallest absolute Gasteiger partial charge is 0.238 e. The van der Waals surface area contributed by atoms with Crippen LogP contribution in [0.1, 0.15) is 37.1 Å². The number of primary sulfonamides is 1. The van der Waals surface area contributed by atoms with E-state index in [4.69, 9.17) is 5.14 Å². The lowest BCUT2D eigenvalue weighted by molar-refractivity contribution is 0.593. The van der Waals surface area contributed by atoms with Crippen LogP contribution in [-0.4, -0.2) is 23.6 Å². The van der Waals surface area contributed by atoms with Gasteiger partial charge in [0.05, 0.1) is 4.90 Å². The summed E-state index contributed by atoms with van der Waals surface area (Å²) in [6.45, 7) is 4.36. The first-order chi connectivity index (χ1) is 12.3. The Morgan fingerprint density at radius 3 is 2.27 bits per heavy atom. The SMILES string of the molecule is CC1(C)[C@H](c2ccc(S(N)(=O)=O)cc2)[C@H]1c1nc(-c2ccccc2)n[nH]1. The number of aromatic nitrogens is 3. The molecular formula is C19H20N4O2S. The van der Waals surface area contributed by atoms with E-state index in [9.17, 15) is 8.42 Å². The number of H-pyrrole nitrogens is 1. The van der Waals surface area contributed by atoms with Crippen LogP contribution in [0, 0.1) is 5.41 Å². The Balaban J connectivity index is 1.62. The number of benzene rings is 2. The molecule has 134 valence electrons. The highest BCUT2D eigenvalue weighted by molar-refractivity contribution is 7.89. The van der Waals surface area contributed by atoms with Crippen molar-refractivity contribution in [2.24, 2.45) is 10.6 Å². The Labute approximate surface area is 152 Å². The normalized spacial score (nSPS) is 21.5. The predicted octanol–water partition coefficient (Wildman–Crippen LogP) is 3.03. The minimum atomic E-state index is -3.68. The van der Waals surface area contributed by atoms with E-state index in [0.717, 1.165) is 17.0 Å². The molecule has 4 rings (SSSR count). The molecule has 0 saturated heterocycles. The molecule has 3 N–H and O–H groups in total. The Kier molecular flexibility index (Phi) is 3.75. The van der Waals surface area contributed by atoms with E-state index in [0.29, 0.717) is 5.82 Å². The number of nitrogens with one attached hydrogen (secondary N) is 1. The molecule has 0 spiro atoms. The zero-order valence-electron chi connectivity index (χ0n) is 14.5. The number of sulfonamides is 1. The molecule has 6 nitrogen and oxygen atoms in total. The van der Waals surface area contributed by atoms with Gasteiger partial charge in [-0.15, -0.1) is 0 Å². The van der Waals surface area contributed by atoms with Gasteiger partial charge in [-0.3, -0.25) is 5.10 Å². The number of rotatable bonds is 4. The molecule has 0 radical (unpaired) electrons. The Hall–Kier alpha value is -2.51. The van der Waals surface area contributed by atoms with Gasteiger partial charge in [-0.2, -0.15) is 5.10 Å². The van der Waals surface area contributed by atoms with Crippen molar-refractivity contribution in [3.05, 3.63) is 66.0 Å². The van der Waals surface area contributed by atoms with Crippen LogP contribution in [0.4, 0.5) is 0 Å². The van der Waals surface area contributed by atoms with E-state index < -0.39 is 10.0 Å². The van der Waals surface area contributed by atoms with Gasteiger partial charge in [-0.25, -0.2) is 18.5 Å². The average molecular weight is 368 g/mol. The molecule has 2 atom stereocenters. The molecule has 26 heavy (non-hydrogen) atoms. The summed E-state index contributed by atoms with van der Waals surface area (Å²) in [4.78, 5) is 4.82. The second kappa shape index (κ2) is 5.75. The molecule has 1 aliphatic carbocycles. The lowest BCUT2D eigenvalue weighted by Gasteiger charge is -2.04. The minimum absolute atomic E-state index is 0.0105. The van der Waals surface area contributed by atoms with Crippen LogP contribution in [0.3, 0.4) is 0 Å². The molecule has 1 heterocycles. The van der Waals surface area contributed by atoms with Crippen LogP contribution >= 0.6 is 0 Å². The first-order valence-corrected chi connectivity index (χ1v) is 9.93. The van der Waals surface area contributed by atoms with Gasteiger partial charge in [0, 0.05) is 17.4 Å². The highest BCUT2D eigenvalue weighted by Gasteiger charge is 2.60. The van der Waals surface area contributed by atoms with Gasteiger partial charge in [-0.1, -0.05) is 56.3 Å². The molecule has 0 aliphatic heterocycles. The maximum absolute atomic E-state index is 11.4. The fourth-order valence-electron chi connectivity index (χ4n) is 3.76. The van der Waals surface area contributed by atoms with E-state index in [1.54, 1.807) is 12.1 Å². The van der Waals surface area contributed by atoms with Gasteiger partial charge in [0.1, 0.15) is 5.82 Å². The van der Waals surface area contributed by atoms with Crippen LogP contribution < -0.4 is 5.14 Å². The third-order valence-electron chi connectivity index (χ3n) is 5.22. The largest absolute Gasteiger partial charge is 0.262 e. The van der Waals surface area contributed by atoms with E-state index in [2.05, 4.69) is 29.0 Å². The minimum Gasteiger partial charge on any atom is -0.262 e. The lowest BCUT2D eigenvalue weighted by atomic mass is 10.0.